The Kier molecular flexibility index (Phi) is 4.76. The molecule has 1 heterocycles. The van der Waals surface area contributed by atoms with Crippen molar-refractivity contribution in [2.45, 2.75) is 4.90 Å². The molecule has 0 radical (unpaired) electrons. The molecule has 0 aliphatic rings. The molecule has 5 nitrogen and oxygen atoms in total. The molecule has 0 fully saturated rings. The largest absolute Gasteiger partial charge is 0.318 e. The Morgan fingerprint density at radius 3 is 2.52 bits per heavy atom. The number of rotatable bonds is 2. The van der Waals surface area contributed by atoms with Crippen molar-refractivity contribution in [3.05, 3.63) is 56.8 Å². The van der Waals surface area contributed by atoms with Gasteiger partial charge in [-0.1, -0.05) is 46.7 Å². The van der Waals surface area contributed by atoms with Gasteiger partial charge in [0.15, 0.2) is 14.6 Å². The van der Waals surface area contributed by atoms with Gasteiger partial charge in [0.25, 0.3) is 5.91 Å². The van der Waals surface area contributed by atoms with Crippen molar-refractivity contribution in [2.75, 3.05) is 6.26 Å². The summed E-state index contributed by atoms with van der Waals surface area (Å²) in [6, 6.07) is 9.46. The van der Waals surface area contributed by atoms with Gasteiger partial charge in [-0.15, -0.1) is 0 Å². The summed E-state index contributed by atoms with van der Waals surface area (Å²) in [5.41, 5.74) is 0.703. The minimum absolute atomic E-state index is 0.0339. The Balaban J connectivity index is 2.21. The van der Waals surface area contributed by atoms with E-state index in [1.807, 2.05) is 0 Å². The maximum Gasteiger partial charge on any atom is 0.280 e. The van der Waals surface area contributed by atoms with E-state index in [1.54, 1.807) is 35.9 Å². The van der Waals surface area contributed by atoms with Crippen molar-refractivity contribution in [1.29, 1.82) is 0 Å². The van der Waals surface area contributed by atoms with Gasteiger partial charge in [-0.3, -0.25) is 4.79 Å². The van der Waals surface area contributed by atoms with Gasteiger partial charge in [-0.2, -0.15) is 4.99 Å². The first-order chi connectivity index (χ1) is 11.7. The highest BCUT2D eigenvalue weighted by Crippen LogP contribution is 2.31. The van der Waals surface area contributed by atoms with Gasteiger partial charge in [0.05, 0.1) is 30.7 Å². The summed E-state index contributed by atoms with van der Waals surface area (Å²) >= 11 is 13.5. The summed E-state index contributed by atoms with van der Waals surface area (Å²) in [5, 5.41) is 0.784. The molecule has 3 aromatic rings. The fourth-order valence-corrected chi connectivity index (χ4v) is 4.80. The lowest BCUT2D eigenvalue weighted by atomic mass is 10.2. The number of carbonyl (C=O) groups is 1. The highest BCUT2D eigenvalue weighted by atomic mass is 35.5. The molecule has 25 heavy (non-hydrogen) atoms. The molecule has 3 rings (SSSR count). The molecule has 0 aliphatic heterocycles. The highest BCUT2D eigenvalue weighted by molar-refractivity contribution is 7.90. The standard InChI is InChI=1S/C16H12Cl2N2O3S2/c1-20-14-11(8-7-10(17)13(14)18)24-16(20)19-15(21)9-5-3-4-6-12(9)25(2,22)23/h3-8H,1-2H3. The van der Waals surface area contributed by atoms with E-state index in [-0.39, 0.29) is 10.5 Å². The number of carbonyl (C=O) groups excluding carboxylic acids is 1. The van der Waals surface area contributed by atoms with E-state index in [9.17, 15) is 13.2 Å². The zero-order valence-corrected chi connectivity index (χ0v) is 16.3. The van der Waals surface area contributed by atoms with E-state index in [0.717, 1.165) is 11.0 Å². The number of nitrogens with zero attached hydrogens (tertiary/aromatic N) is 2. The van der Waals surface area contributed by atoms with Crippen LogP contribution in [0.2, 0.25) is 10.0 Å². The van der Waals surface area contributed by atoms with Crippen LogP contribution in [0.4, 0.5) is 0 Å². The molecular formula is C16H12Cl2N2O3S2. The van der Waals surface area contributed by atoms with E-state index < -0.39 is 15.7 Å². The molecule has 0 saturated carbocycles. The third-order valence-electron chi connectivity index (χ3n) is 3.57. The van der Waals surface area contributed by atoms with Crippen LogP contribution in [0, 0.1) is 0 Å². The number of sulfone groups is 1. The molecular weight excluding hydrogens is 403 g/mol. The van der Waals surface area contributed by atoms with Crippen LogP contribution in [-0.2, 0) is 16.9 Å². The number of halogens is 2. The first-order valence-corrected chi connectivity index (χ1v) is 10.5. The average molecular weight is 415 g/mol. The van der Waals surface area contributed by atoms with Gasteiger partial charge in [-0.25, -0.2) is 8.42 Å². The van der Waals surface area contributed by atoms with Gasteiger partial charge in [0, 0.05) is 13.3 Å². The predicted octanol–water partition coefficient (Wildman–Crippen LogP) is 3.69. The second kappa shape index (κ2) is 6.57. The average Bonchev–Trinajstić information content (AvgIpc) is 2.87. The summed E-state index contributed by atoms with van der Waals surface area (Å²) in [4.78, 5) is 17.0. The SMILES string of the molecule is Cn1c(=NC(=O)c2ccccc2S(C)(=O)=O)sc2ccc(Cl)c(Cl)c21. The van der Waals surface area contributed by atoms with Crippen LogP contribution in [0.25, 0.3) is 10.2 Å². The Morgan fingerprint density at radius 1 is 1.16 bits per heavy atom. The Hall–Kier alpha value is -1.67. The number of aryl methyl sites for hydroxylation is 1. The van der Waals surface area contributed by atoms with Crippen molar-refractivity contribution >= 4 is 60.5 Å². The van der Waals surface area contributed by atoms with Crippen LogP contribution in [0.3, 0.4) is 0 Å². The van der Waals surface area contributed by atoms with E-state index in [2.05, 4.69) is 4.99 Å². The van der Waals surface area contributed by atoms with Crippen molar-refractivity contribution in [3.63, 3.8) is 0 Å². The smallest absolute Gasteiger partial charge is 0.280 e. The number of benzene rings is 2. The summed E-state index contributed by atoms with van der Waals surface area (Å²) in [7, 11) is -1.82. The lowest BCUT2D eigenvalue weighted by Crippen LogP contribution is -2.15. The van der Waals surface area contributed by atoms with Gasteiger partial charge in [-0.05, 0) is 24.3 Å². The summed E-state index contributed by atoms with van der Waals surface area (Å²) < 4.78 is 26.2. The first-order valence-electron chi connectivity index (χ1n) is 7.02. The fourth-order valence-electron chi connectivity index (χ4n) is 2.39. The number of amides is 1. The lowest BCUT2D eigenvalue weighted by molar-refractivity contribution is 0.0995. The molecule has 1 amide bonds. The van der Waals surface area contributed by atoms with Crippen LogP contribution in [0.15, 0.2) is 46.3 Å². The predicted molar refractivity (Wildman–Crippen MR) is 100 cm³/mol. The van der Waals surface area contributed by atoms with Crippen molar-refractivity contribution in [2.24, 2.45) is 12.0 Å². The maximum atomic E-state index is 12.6. The highest BCUT2D eigenvalue weighted by Gasteiger charge is 2.18. The molecule has 0 unspecified atom stereocenters. The first kappa shape index (κ1) is 18.1. The summed E-state index contributed by atoms with van der Waals surface area (Å²) in [6.07, 6.45) is 1.06. The molecule has 0 saturated heterocycles. The van der Waals surface area contributed by atoms with E-state index in [0.29, 0.717) is 20.4 Å². The summed E-state index contributed by atoms with van der Waals surface area (Å²) in [6.45, 7) is 0. The second-order valence-electron chi connectivity index (χ2n) is 5.34. The molecule has 0 atom stereocenters. The Labute approximate surface area is 158 Å². The molecule has 0 N–H and O–H groups in total. The number of hydrogen-bond acceptors (Lipinski definition) is 4. The number of fused-ring (bicyclic) bond motifs is 1. The third kappa shape index (κ3) is 3.37. The lowest BCUT2D eigenvalue weighted by Gasteiger charge is -2.03. The third-order valence-corrected chi connectivity index (χ3v) is 6.62. The fraction of sp³-hybridized carbons (Fsp3) is 0.125. The van der Waals surface area contributed by atoms with E-state index >= 15 is 0 Å². The van der Waals surface area contributed by atoms with Crippen LogP contribution < -0.4 is 4.80 Å². The molecule has 0 aliphatic carbocycles. The minimum Gasteiger partial charge on any atom is -0.318 e. The molecule has 0 bridgehead atoms. The summed E-state index contributed by atoms with van der Waals surface area (Å²) in [5.74, 6) is -0.634. The Morgan fingerprint density at radius 2 is 1.84 bits per heavy atom. The second-order valence-corrected chi connectivity index (χ2v) is 9.12. The van der Waals surface area contributed by atoms with Gasteiger partial charge < -0.3 is 4.57 Å². The van der Waals surface area contributed by atoms with E-state index in [4.69, 9.17) is 23.2 Å². The van der Waals surface area contributed by atoms with Crippen LogP contribution in [-0.4, -0.2) is 25.1 Å². The zero-order valence-electron chi connectivity index (χ0n) is 13.2. The van der Waals surface area contributed by atoms with Gasteiger partial charge in [0.1, 0.15) is 0 Å². The quantitative estimate of drug-likeness (QED) is 0.641. The molecule has 130 valence electrons. The zero-order chi connectivity index (χ0) is 18.4. The minimum atomic E-state index is -3.54. The number of hydrogen-bond donors (Lipinski definition) is 0. The van der Waals surface area contributed by atoms with Crippen LogP contribution in [0.5, 0.6) is 0 Å². The number of thiazole rings is 1. The molecule has 9 heteroatoms. The van der Waals surface area contributed by atoms with Gasteiger partial charge >= 0.3 is 0 Å². The number of aromatic nitrogens is 1. The Bertz CT molecular complexity index is 1180. The van der Waals surface area contributed by atoms with E-state index in [1.165, 1.54) is 23.5 Å². The molecule has 0 spiro atoms. The topological polar surface area (TPSA) is 68.5 Å². The monoisotopic (exact) mass is 414 g/mol. The van der Waals surface area contributed by atoms with Crippen LogP contribution >= 0.6 is 34.5 Å². The molecule has 1 aromatic heterocycles. The molecule has 2 aromatic carbocycles. The maximum absolute atomic E-state index is 12.6. The normalized spacial score (nSPS) is 12.7. The van der Waals surface area contributed by atoms with Crippen molar-refractivity contribution in [1.82, 2.24) is 4.57 Å². The van der Waals surface area contributed by atoms with Gasteiger partial charge in [0.2, 0.25) is 0 Å². The van der Waals surface area contributed by atoms with Crippen molar-refractivity contribution < 1.29 is 13.2 Å². The van der Waals surface area contributed by atoms with Crippen LogP contribution in [0.1, 0.15) is 10.4 Å². The van der Waals surface area contributed by atoms with Crippen molar-refractivity contribution in [3.8, 4) is 0 Å².